The average molecular weight is 503 g/mol. The molecule has 0 aliphatic carbocycles. The lowest BCUT2D eigenvalue weighted by atomic mass is 10.0. The molecule has 0 unspecified atom stereocenters. The normalized spacial score (nSPS) is 21.3. The fourth-order valence-corrected chi connectivity index (χ4v) is 9.55. The van der Waals surface area contributed by atoms with Gasteiger partial charge in [-0.3, -0.25) is 0 Å². The van der Waals surface area contributed by atoms with Crippen molar-refractivity contribution in [3.63, 3.8) is 0 Å². The largest absolute Gasteiger partial charge is 0.416 e. The van der Waals surface area contributed by atoms with Crippen LogP contribution in [0.1, 0.15) is 44.4 Å². The number of alkyl halides is 4. The SMILES string of the molecule is CC(C)(C)[Si](OC[C@@H]1C[C@@H](F)[C@H](c2ccc(C(F)(F)F)cc2)O1)(c1ccccc1)c1ccccc1. The summed E-state index contributed by atoms with van der Waals surface area (Å²) in [7, 11) is -2.80. The van der Waals surface area contributed by atoms with Crippen molar-refractivity contribution < 1.29 is 26.7 Å². The van der Waals surface area contributed by atoms with E-state index in [-0.39, 0.29) is 18.1 Å². The van der Waals surface area contributed by atoms with Gasteiger partial charge in [-0.15, -0.1) is 0 Å². The third-order valence-electron chi connectivity index (χ3n) is 6.62. The van der Waals surface area contributed by atoms with Crippen LogP contribution in [0, 0.1) is 0 Å². The second-order valence-corrected chi connectivity index (χ2v) is 14.3. The number of benzene rings is 3. The minimum absolute atomic E-state index is 0.129. The van der Waals surface area contributed by atoms with Gasteiger partial charge in [0.1, 0.15) is 12.3 Å². The van der Waals surface area contributed by atoms with E-state index < -0.39 is 38.4 Å². The summed E-state index contributed by atoms with van der Waals surface area (Å²) in [6.45, 7) is 6.69. The molecule has 1 heterocycles. The van der Waals surface area contributed by atoms with E-state index in [1.165, 1.54) is 12.1 Å². The molecule has 3 aromatic rings. The van der Waals surface area contributed by atoms with Crippen LogP contribution in [0.5, 0.6) is 0 Å². The Morgan fingerprint density at radius 1 is 0.829 bits per heavy atom. The Kier molecular flexibility index (Phi) is 7.22. The summed E-state index contributed by atoms with van der Waals surface area (Å²) in [6.07, 6.45) is -7.04. The number of ether oxygens (including phenoxy) is 1. The molecule has 0 radical (unpaired) electrons. The lowest BCUT2D eigenvalue weighted by Gasteiger charge is -2.43. The van der Waals surface area contributed by atoms with E-state index in [4.69, 9.17) is 9.16 Å². The van der Waals surface area contributed by atoms with E-state index >= 15 is 0 Å². The first-order valence-electron chi connectivity index (χ1n) is 11.7. The van der Waals surface area contributed by atoms with Crippen LogP contribution >= 0.6 is 0 Å². The second-order valence-electron chi connectivity index (χ2n) is 10.0. The van der Waals surface area contributed by atoms with Gasteiger partial charge in [0.2, 0.25) is 0 Å². The highest BCUT2D eigenvalue weighted by Gasteiger charge is 2.51. The van der Waals surface area contributed by atoms with Crippen molar-refractivity contribution in [2.24, 2.45) is 0 Å². The zero-order chi connectivity index (χ0) is 25.3. The van der Waals surface area contributed by atoms with Crippen LogP contribution in [0.2, 0.25) is 5.04 Å². The maximum atomic E-state index is 15.0. The number of hydrogen-bond donors (Lipinski definition) is 0. The summed E-state index contributed by atoms with van der Waals surface area (Å²) >= 11 is 0. The molecule has 0 spiro atoms. The highest BCUT2D eigenvalue weighted by molar-refractivity contribution is 6.99. The van der Waals surface area contributed by atoms with Crippen LogP contribution < -0.4 is 10.4 Å². The molecule has 4 rings (SSSR count). The summed E-state index contributed by atoms with van der Waals surface area (Å²) < 4.78 is 66.5. The van der Waals surface area contributed by atoms with E-state index in [9.17, 15) is 17.6 Å². The number of hydrogen-bond acceptors (Lipinski definition) is 2. The highest BCUT2D eigenvalue weighted by Crippen LogP contribution is 2.40. The molecule has 0 amide bonds. The molecular formula is C28H30F4O2Si. The van der Waals surface area contributed by atoms with Crippen LogP contribution in [0.25, 0.3) is 0 Å². The summed E-state index contributed by atoms with van der Waals surface area (Å²) in [5, 5.41) is 2.01. The molecule has 2 nitrogen and oxygen atoms in total. The topological polar surface area (TPSA) is 18.5 Å². The molecule has 3 atom stereocenters. The van der Waals surface area contributed by atoms with E-state index in [1.54, 1.807) is 0 Å². The van der Waals surface area contributed by atoms with Crippen molar-refractivity contribution in [2.45, 2.75) is 56.8 Å². The average Bonchev–Trinajstić information content (AvgIpc) is 3.20. The highest BCUT2D eigenvalue weighted by atomic mass is 28.4. The molecule has 1 aliphatic rings. The van der Waals surface area contributed by atoms with Crippen LogP contribution in [0.3, 0.4) is 0 Å². The zero-order valence-electron chi connectivity index (χ0n) is 20.1. The van der Waals surface area contributed by atoms with Gasteiger partial charge in [0, 0.05) is 6.42 Å². The fraction of sp³-hybridized carbons (Fsp3) is 0.357. The Balaban J connectivity index is 1.58. The first-order valence-corrected chi connectivity index (χ1v) is 13.6. The quantitative estimate of drug-likeness (QED) is 0.285. The van der Waals surface area contributed by atoms with Gasteiger partial charge in [-0.05, 0) is 33.1 Å². The lowest BCUT2D eigenvalue weighted by molar-refractivity contribution is -0.137. The monoisotopic (exact) mass is 502 g/mol. The fourth-order valence-electron chi connectivity index (χ4n) is 4.96. The number of halogens is 4. The molecule has 0 bridgehead atoms. The van der Waals surface area contributed by atoms with Gasteiger partial charge in [0.25, 0.3) is 8.32 Å². The molecule has 0 saturated carbocycles. The molecule has 0 N–H and O–H groups in total. The maximum Gasteiger partial charge on any atom is 0.416 e. The number of rotatable bonds is 6. The van der Waals surface area contributed by atoms with Crippen molar-refractivity contribution >= 4 is 18.7 Å². The van der Waals surface area contributed by atoms with Crippen molar-refractivity contribution in [3.05, 3.63) is 96.1 Å². The molecule has 1 aliphatic heterocycles. The van der Waals surface area contributed by atoms with Gasteiger partial charge in [0.05, 0.1) is 18.3 Å². The smallest absolute Gasteiger partial charge is 0.405 e. The van der Waals surface area contributed by atoms with Gasteiger partial charge in [-0.1, -0.05) is 93.6 Å². The summed E-state index contributed by atoms with van der Waals surface area (Å²) in [5.41, 5.74) is -0.361. The summed E-state index contributed by atoms with van der Waals surface area (Å²) in [4.78, 5) is 0. The standard InChI is InChI=1S/C28H30F4O2Si/c1-27(2,3)35(23-10-6-4-7-11-23,24-12-8-5-9-13-24)33-19-22-18-25(29)26(34-22)20-14-16-21(17-15-20)28(30,31)32/h4-17,22,25-26H,18-19H2,1-3H3/t22-,25+,26-/m0/s1. The predicted molar refractivity (Wildman–Crippen MR) is 132 cm³/mol. The summed E-state index contributed by atoms with van der Waals surface area (Å²) in [6, 6.07) is 24.8. The van der Waals surface area contributed by atoms with Gasteiger partial charge in [-0.2, -0.15) is 13.2 Å². The Hall–Kier alpha value is -2.48. The lowest BCUT2D eigenvalue weighted by Crippen LogP contribution is -2.67. The van der Waals surface area contributed by atoms with E-state index in [0.717, 1.165) is 22.5 Å². The predicted octanol–water partition coefficient (Wildman–Crippen LogP) is 6.45. The third kappa shape index (κ3) is 5.22. The molecule has 3 aromatic carbocycles. The Labute approximate surface area is 205 Å². The summed E-state index contributed by atoms with van der Waals surface area (Å²) in [5.74, 6) is 0. The molecular weight excluding hydrogens is 472 g/mol. The van der Waals surface area contributed by atoms with E-state index in [1.807, 2.05) is 36.4 Å². The van der Waals surface area contributed by atoms with Gasteiger partial charge in [0.15, 0.2) is 0 Å². The molecule has 1 saturated heterocycles. The molecule has 186 valence electrons. The molecule has 35 heavy (non-hydrogen) atoms. The first kappa shape index (κ1) is 25.6. The van der Waals surface area contributed by atoms with Crippen LogP contribution in [0.4, 0.5) is 17.6 Å². The third-order valence-corrected chi connectivity index (χ3v) is 11.6. The Morgan fingerprint density at radius 3 is 1.80 bits per heavy atom. The minimum atomic E-state index is -4.43. The van der Waals surface area contributed by atoms with Gasteiger partial charge in [-0.25, -0.2) is 4.39 Å². The van der Waals surface area contributed by atoms with E-state index in [0.29, 0.717) is 5.56 Å². The van der Waals surface area contributed by atoms with Crippen LogP contribution in [0.15, 0.2) is 84.9 Å². The molecule has 1 fully saturated rings. The van der Waals surface area contributed by atoms with Crippen molar-refractivity contribution in [1.29, 1.82) is 0 Å². The Bertz CT molecular complexity index is 1060. The zero-order valence-corrected chi connectivity index (χ0v) is 21.1. The van der Waals surface area contributed by atoms with Crippen molar-refractivity contribution in [1.82, 2.24) is 0 Å². The van der Waals surface area contributed by atoms with Crippen molar-refractivity contribution in [2.75, 3.05) is 6.61 Å². The maximum absolute atomic E-state index is 15.0. The van der Waals surface area contributed by atoms with Gasteiger partial charge < -0.3 is 9.16 Å². The first-order chi connectivity index (χ1) is 16.5. The van der Waals surface area contributed by atoms with Crippen molar-refractivity contribution in [3.8, 4) is 0 Å². The molecule has 7 heteroatoms. The van der Waals surface area contributed by atoms with Gasteiger partial charge >= 0.3 is 6.18 Å². The Morgan fingerprint density at radius 2 is 1.34 bits per heavy atom. The van der Waals surface area contributed by atoms with Crippen LogP contribution in [-0.2, 0) is 15.3 Å². The second kappa shape index (κ2) is 9.88. The molecule has 0 aromatic heterocycles. The van der Waals surface area contributed by atoms with Crippen LogP contribution in [-0.4, -0.2) is 27.2 Å². The minimum Gasteiger partial charge on any atom is -0.405 e. The van der Waals surface area contributed by atoms with E-state index in [2.05, 4.69) is 45.0 Å².